The zero-order chi connectivity index (χ0) is 18.0. The van der Waals surface area contributed by atoms with Crippen LogP contribution in [-0.2, 0) is 11.2 Å². The summed E-state index contributed by atoms with van der Waals surface area (Å²) in [5.74, 6) is -0.561. The summed E-state index contributed by atoms with van der Waals surface area (Å²) in [6, 6.07) is 10.4. The van der Waals surface area contributed by atoms with Crippen LogP contribution in [0.25, 0.3) is 10.9 Å². The molecule has 25 heavy (non-hydrogen) atoms. The van der Waals surface area contributed by atoms with Crippen molar-refractivity contribution in [1.82, 2.24) is 4.98 Å². The van der Waals surface area contributed by atoms with Gasteiger partial charge >= 0.3 is 6.03 Å². The van der Waals surface area contributed by atoms with Gasteiger partial charge in [-0.3, -0.25) is 4.79 Å². The molecule has 0 unspecified atom stereocenters. The van der Waals surface area contributed by atoms with Crippen molar-refractivity contribution >= 4 is 34.2 Å². The molecule has 3 rings (SSSR count). The topological polar surface area (TPSA) is 100 Å². The number of hydrogen-bond donors (Lipinski definition) is 4. The first kappa shape index (κ1) is 16.5. The molecule has 3 aromatic rings. The van der Waals surface area contributed by atoms with Gasteiger partial charge in [0.2, 0.25) is 5.91 Å². The highest BCUT2D eigenvalue weighted by atomic mass is 19.1. The Hall–Kier alpha value is -3.35. The molecule has 7 heteroatoms. The molecule has 0 fully saturated rings. The number of urea groups is 1. The summed E-state index contributed by atoms with van der Waals surface area (Å²) in [4.78, 5) is 26.2. The molecule has 1 heterocycles. The molecule has 0 aliphatic heterocycles. The van der Waals surface area contributed by atoms with Crippen LogP contribution in [0, 0.1) is 12.7 Å². The first-order valence-electron chi connectivity index (χ1n) is 7.65. The molecule has 0 saturated heterocycles. The third-order valence-corrected chi connectivity index (χ3v) is 3.86. The van der Waals surface area contributed by atoms with E-state index < -0.39 is 6.03 Å². The van der Waals surface area contributed by atoms with E-state index in [4.69, 9.17) is 5.73 Å². The van der Waals surface area contributed by atoms with Crippen molar-refractivity contribution in [2.75, 3.05) is 10.6 Å². The van der Waals surface area contributed by atoms with Gasteiger partial charge in [0, 0.05) is 28.0 Å². The summed E-state index contributed by atoms with van der Waals surface area (Å²) in [5, 5.41) is 5.92. The Kier molecular flexibility index (Phi) is 4.38. The van der Waals surface area contributed by atoms with Crippen LogP contribution in [0.3, 0.4) is 0 Å². The number of nitrogens with one attached hydrogen (secondary N) is 3. The van der Waals surface area contributed by atoms with E-state index >= 15 is 0 Å². The van der Waals surface area contributed by atoms with Gasteiger partial charge in [-0.25, -0.2) is 9.18 Å². The van der Waals surface area contributed by atoms with E-state index in [-0.39, 0.29) is 18.1 Å². The minimum absolute atomic E-state index is 0.122. The Morgan fingerprint density at radius 2 is 1.72 bits per heavy atom. The lowest BCUT2D eigenvalue weighted by molar-refractivity contribution is -0.115. The molecular formula is C18H17FN4O2. The molecule has 1 aromatic heterocycles. The predicted octanol–water partition coefficient (Wildman–Crippen LogP) is 3.29. The van der Waals surface area contributed by atoms with Crippen LogP contribution in [0.5, 0.6) is 0 Å². The fourth-order valence-corrected chi connectivity index (χ4v) is 2.73. The first-order chi connectivity index (χ1) is 11.9. The number of carbonyl (C=O) groups excluding carboxylic acids is 2. The molecule has 0 aliphatic rings. The Balaban J connectivity index is 1.73. The second-order valence-corrected chi connectivity index (χ2v) is 5.71. The van der Waals surface area contributed by atoms with Gasteiger partial charge in [0.25, 0.3) is 0 Å². The number of aryl methyl sites for hydroxylation is 1. The SMILES string of the molecule is Cc1[nH]c2ccc(F)cc2c1CC(=O)Nc1ccc(NC(N)=O)cc1. The summed E-state index contributed by atoms with van der Waals surface area (Å²) in [7, 11) is 0. The molecule has 0 radical (unpaired) electrons. The van der Waals surface area contributed by atoms with Crippen molar-refractivity contribution in [2.45, 2.75) is 13.3 Å². The maximum atomic E-state index is 13.5. The quantitative estimate of drug-likeness (QED) is 0.586. The Morgan fingerprint density at radius 3 is 2.36 bits per heavy atom. The van der Waals surface area contributed by atoms with Crippen molar-refractivity contribution in [3.8, 4) is 0 Å². The van der Waals surface area contributed by atoms with E-state index in [2.05, 4.69) is 15.6 Å². The van der Waals surface area contributed by atoms with Crippen LogP contribution in [0.1, 0.15) is 11.3 Å². The smallest absolute Gasteiger partial charge is 0.316 e. The number of anilines is 2. The van der Waals surface area contributed by atoms with Crippen LogP contribution in [-0.4, -0.2) is 16.9 Å². The number of amides is 3. The van der Waals surface area contributed by atoms with Crippen LogP contribution in [0.4, 0.5) is 20.6 Å². The molecule has 6 nitrogen and oxygen atoms in total. The monoisotopic (exact) mass is 340 g/mol. The molecule has 128 valence electrons. The van der Waals surface area contributed by atoms with Crippen LogP contribution < -0.4 is 16.4 Å². The number of carbonyl (C=O) groups is 2. The average molecular weight is 340 g/mol. The summed E-state index contributed by atoms with van der Waals surface area (Å²) in [6.45, 7) is 1.85. The largest absolute Gasteiger partial charge is 0.358 e. The van der Waals surface area contributed by atoms with Crippen molar-refractivity contribution < 1.29 is 14.0 Å². The van der Waals surface area contributed by atoms with Crippen LogP contribution >= 0.6 is 0 Å². The lowest BCUT2D eigenvalue weighted by Gasteiger charge is -2.07. The van der Waals surface area contributed by atoms with Gasteiger partial charge in [-0.05, 0) is 55.0 Å². The van der Waals surface area contributed by atoms with E-state index in [1.165, 1.54) is 12.1 Å². The number of H-pyrrole nitrogens is 1. The highest BCUT2D eigenvalue weighted by Gasteiger charge is 2.13. The molecule has 0 bridgehead atoms. The first-order valence-corrected chi connectivity index (χ1v) is 7.65. The molecule has 0 atom stereocenters. The lowest BCUT2D eigenvalue weighted by Crippen LogP contribution is -2.19. The van der Waals surface area contributed by atoms with Crippen molar-refractivity contribution in [2.24, 2.45) is 5.73 Å². The summed E-state index contributed by atoms with van der Waals surface area (Å²) < 4.78 is 13.5. The number of aromatic nitrogens is 1. The van der Waals surface area contributed by atoms with E-state index in [0.717, 1.165) is 16.8 Å². The number of rotatable bonds is 4. The van der Waals surface area contributed by atoms with E-state index in [0.29, 0.717) is 16.8 Å². The Morgan fingerprint density at radius 1 is 1.08 bits per heavy atom. The minimum Gasteiger partial charge on any atom is -0.358 e. The van der Waals surface area contributed by atoms with Gasteiger partial charge < -0.3 is 21.4 Å². The molecule has 0 saturated carbocycles. The molecule has 5 N–H and O–H groups in total. The van der Waals surface area contributed by atoms with Crippen molar-refractivity contribution in [3.63, 3.8) is 0 Å². The Labute approximate surface area is 143 Å². The fourth-order valence-electron chi connectivity index (χ4n) is 2.73. The number of nitrogens with two attached hydrogens (primary N) is 1. The highest BCUT2D eigenvalue weighted by Crippen LogP contribution is 2.24. The summed E-state index contributed by atoms with van der Waals surface area (Å²) in [5.41, 5.74) is 8.55. The molecule has 0 spiro atoms. The van der Waals surface area contributed by atoms with Crippen LogP contribution in [0.15, 0.2) is 42.5 Å². The normalized spacial score (nSPS) is 10.6. The third-order valence-electron chi connectivity index (χ3n) is 3.86. The van der Waals surface area contributed by atoms with Gasteiger partial charge in [0.05, 0.1) is 6.42 Å². The fraction of sp³-hybridized carbons (Fsp3) is 0.111. The second-order valence-electron chi connectivity index (χ2n) is 5.71. The molecule has 2 aromatic carbocycles. The van der Waals surface area contributed by atoms with Crippen molar-refractivity contribution in [3.05, 3.63) is 59.5 Å². The zero-order valence-corrected chi connectivity index (χ0v) is 13.5. The number of hydrogen-bond acceptors (Lipinski definition) is 2. The molecule has 3 amide bonds. The number of aromatic amines is 1. The standard InChI is InChI=1S/C18H17FN4O2/c1-10-14(15-8-11(19)2-7-16(15)21-10)9-17(24)22-12-3-5-13(6-4-12)23-18(20)25/h2-8,21H,9H2,1H3,(H,22,24)(H3,20,23,25). The van der Waals surface area contributed by atoms with E-state index in [1.54, 1.807) is 30.3 Å². The van der Waals surface area contributed by atoms with Gasteiger partial charge in [0.15, 0.2) is 0 Å². The second kappa shape index (κ2) is 6.64. The van der Waals surface area contributed by atoms with E-state index in [1.807, 2.05) is 6.92 Å². The zero-order valence-electron chi connectivity index (χ0n) is 13.5. The lowest BCUT2D eigenvalue weighted by atomic mass is 10.1. The number of halogens is 1. The predicted molar refractivity (Wildman–Crippen MR) is 95.0 cm³/mol. The summed E-state index contributed by atoms with van der Waals surface area (Å²) in [6.07, 6.45) is 0.122. The molecular weight excluding hydrogens is 323 g/mol. The van der Waals surface area contributed by atoms with Crippen LogP contribution in [0.2, 0.25) is 0 Å². The Bertz CT molecular complexity index is 948. The molecule has 0 aliphatic carbocycles. The van der Waals surface area contributed by atoms with Gasteiger partial charge in [-0.15, -0.1) is 0 Å². The highest BCUT2D eigenvalue weighted by molar-refractivity contribution is 5.96. The maximum Gasteiger partial charge on any atom is 0.316 e. The number of fused-ring (bicyclic) bond motifs is 1. The van der Waals surface area contributed by atoms with E-state index in [9.17, 15) is 14.0 Å². The van der Waals surface area contributed by atoms with Gasteiger partial charge in [0.1, 0.15) is 5.82 Å². The number of benzene rings is 2. The minimum atomic E-state index is -0.654. The average Bonchev–Trinajstić information content (AvgIpc) is 2.84. The van der Waals surface area contributed by atoms with Gasteiger partial charge in [-0.2, -0.15) is 0 Å². The number of primary amides is 1. The maximum absolute atomic E-state index is 13.5. The van der Waals surface area contributed by atoms with Gasteiger partial charge in [-0.1, -0.05) is 0 Å². The third kappa shape index (κ3) is 3.77. The van der Waals surface area contributed by atoms with Crippen molar-refractivity contribution in [1.29, 1.82) is 0 Å². The summed E-state index contributed by atoms with van der Waals surface area (Å²) >= 11 is 0.